The van der Waals surface area contributed by atoms with E-state index in [1.54, 1.807) is 18.5 Å². The molecule has 0 aliphatic carbocycles. The van der Waals surface area contributed by atoms with Gasteiger partial charge in [-0.2, -0.15) is 0 Å². The van der Waals surface area contributed by atoms with Crippen molar-refractivity contribution in [1.29, 1.82) is 0 Å². The Morgan fingerprint density at radius 1 is 1.21 bits per heavy atom. The van der Waals surface area contributed by atoms with Crippen molar-refractivity contribution in [3.05, 3.63) is 65.0 Å². The maximum Gasteiger partial charge on any atom is 0.159 e. The Morgan fingerprint density at radius 3 is 2.68 bits per heavy atom. The number of rotatable bonds is 4. The van der Waals surface area contributed by atoms with Crippen LogP contribution in [0, 0.1) is 18.6 Å². The van der Waals surface area contributed by atoms with Gasteiger partial charge in [-0.25, -0.2) is 8.78 Å². The first-order valence-electron chi connectivity index (χ1n) is 6.15. The topological polar surface area (TPSA) is 24.9 Å². The van der Waals surface area contributed by atoms with Crippen molar-refractivity contribution in [2.24, 2.45) is 0 Å². The van der Waals surface area contributed by atoms with Crippen LogP contribution in [-0.4, -0.2) is 4.98 Å². The Bertz CT molecular complexity index is 570. The predicted molar refractivity (Wildman–Crippen MR) is 70.6 cm³/mol. The average Bonchev–Trinajstić information content (AvgIpc) is 2.40. The number of aromatic nitrogens is 1. The third-order valence-corrected chi connectivity index (χ3v) is 3.18. The number of halogens is 2. The van der Waals surface area contributed by atoms with Gasteiger partial charge in [0.15, 0.2) is 11.6 Å². The third kappa shape index (κ3) is 3.35. The Balaban J connectivity index is 2.03. The van der Waals surface area contributed by atoms with Gasteiger partial charge in [-0.15, -0.1) is 0 Å². The number of pyridine rings is 1. The lowest BCUT2D eigenvalue weighted by atomic mass is 10.1. The molecule has 4 heteroatoms. The lowest BCUT2D eigenvalue weighted by Crippen LogP contribution is -2.19. The normalized spacial score (nSPS) is 12.4. The van der Waals surface area contributed by atoms with Crippen LogP contribution in [0.4, 0.5) is 8.78 Å². The van der Waals surface area contributed by atoms with E-state index in [0.29, 0.717) is 6.54 Å². The summed E-state index contributed by atoms with van der Waals surface area (Å²) in [5, 5.41) is 3.29. The lowest BCUT2D eigenvalue weighted by Gasteiger charge is -2.15. The van der Waals surface area contributed by atoms with Gasteiger partial charge in [0.25, 0.3) is 0 Å². The Kier molecular flexibility index (Phi) is 4.22. The molecule has 0 spiro atoms. The number of nitrogens with zero attached hydrogens (tertiary/aromatic N) is 1. The van der Waals surface area contributed by atoms with Crippen LogP contribution >= 0.6 is 0 Å². The minimum absolute atomic E-state index is 0.0531. The van der Waals surface area contributed by atoms with Crippen molar-refractivity contribution < 1.29 is 8.78 Å². The molecule has 100 valence electrons. The third-order valence-electron chi connectivity index (χ3n) is 3.18. The molecule has 1 heterocycles. The van der Waals surface area contributed by atoms with E-state index in [1.807, 2.05) is 19.9 Å². The van der Waals surface area contributed by atoms with E-state index >= 15 is 0 Å². The number of benzene rings is 1. The molecule has 0 aliphatic rings. The summed E-state index contributed by atoms with van der Waals surface area (Å²) in [7, 11) is 0. The zero-order chi connectivity index (χ0) is 13.8. The largest absolute Gasteiger partial charge is 0.306 e. The molecule has 1 unspecified atom stereocenters. The molecule has 19 heavy (non-hydrogen) atoms. The first-order chi connectivity index (χ1) is 9.08. The smallest absolute Gasteiger partial charge is 0.159 e. The second-order valence-corrected chi connectivity index (χ2v) is 4.58. The molecule has 0 aliphatic heterocycles. The summed E-state index contributed by atoms with van der Waals surface area (Å²) < 4.78 is 26.0. The molecule has 1 aromatic heterocycles. The van der Waals surface area contributed by atoms with Crippen LogP contribution in [0.15, 0.2) is 36.7 Å². The summed E-state index contributed by atoms with van der Waals surface area (Å²) in [6, 6.07) is 5.87. The van der Waals surface area contributed by atoms with Crippen molar-refractivity contribution in [2.45, 2.75) is 26.4 Å². The Morgan fingerprint density at radius 2 is 2.00 bits per heavy atom. The maximum absolute atomic E-state index is 13.2. The molecule has 0 saturated heterocycles. The number of hydrogen-bond donors (Lipinski definition) is 1. The first kappa shape index (κ1) is 13.6. The molecule has 2 nitrogen and oxygen atoms in total. The van der Waals surface area contributed by atoms with Crippen molar-refractivity contribution >= 4 is 0 Å². The van der Waals surface area contributed by atoms with Crippen LogP contribution in [0.25, 0.3) is 0 Å². The molecule has 0 bridgehead atoms. The number of aryl methyl sites for hydroxylation is 1. The van der Waals surface area contributed by atoms with Crippen LogP contribution in [0.1, 0.15) is 29.7 Å². The van der Waals surface area contributed by atoms with Crippen LogP contribution in [-0.2, 0) is 6.54 Å². The average molecular weight is 262 g/mol. The molecule has 0 fully saturated rings. The van der Waals surface area contributed by atoms with Gasteiger partial charge >= 0.3 is 0 Å². The van der Waals surface area contributed by atoms with E-state index in [1.165, 1.54) is 6.07 Å². The van der Waals surface area contributed by atoms with E-state index in [2.05, 4.69) is 10.3 Å². The van der Waals surface area contributed by atoms with Gasteiger partial charge in [-0.1, -0.05) is 6.07 Å². The summed E-state index contributed by atoms with van der Waals surface area (Å²) in [5.74, 6) is -1.63. The fourth-order valence-corrected chi connectivity index (χ4v) is 1.86. The Hall–Kier alpha value is -1.81. The zero-order valence-electron chi connectivity index (χ0n) is 11.0. The summed E-state index contributed by atoms with van der Waals surface area (Å²) in [6.07, 6.45) is 3.55. The molecular formula is C15H16F2N2. The summed E-state index contributed by atoms with van der Waals surface area (Å²) in [4.78, 5) is 4.03. The van der Waals surface area contributed by atoms with Crippen LogP contribution < -0.4 is 5.32 Å². The van der Waals surface area contributed by atoms with Gasteiger partial charge in [0.2, 0.25) is 0 Å². The zero-order valence-corrected chi connectivity index (χ0v) is 11.0. The number of hydrogen-bond acceptors (Lipinski definition) is 2. The highest BCUT2D eigenvalue weighted by atomic mass is 19.2. The molecule has 1 N–H and O–H groups in total. The summed E-state index contributed by atoms with van der Waals surface area (Å²) in [5.41, 5.74) is 2.97. The van der Waals surface area contributed by atoms with Gasteiger partial charge in [-0.3, -0.25) is 4.98 Å². The van der Waals surface area contributed by atoms with Gasteiger partial charge in [0.1, 0.15) is 0 Å². The number of nitrogens with one attached hydrogen (secondary N) is 1. The van der Waals surface area contributed by atoms with Crippen molar-refractivity contribution in [3.8, 4) is 0 Å². The van der Waals surface area contributed by atoms with Crippen molar-refractivity contribution in [1.82, 2.24) is 10.3 Å². The molecule has 1 atom stereocenters. The highest BCUT2D eigenvalue weighted by Crippen LogP contribution is 2.17. The fraction of sp³-hybridized carbons (Fsp3) is 0.267. The molecule has 1 aromatic carbocycles. The van der Waals surface area contributed by atoms with Crippen LogP contribution in [0.2, 0.25) is 0 Å². The van der Waals surface area contributed by atoms with Gasteiger partial charge in [-0.05, 0) is 48.7 Å². The fourth-order valence-electron chi connectivity index (χ4n) is 1.86. The maximum atomic E-state index is 13.2. The summed E-state index contributed by atoms with van der Waals surface area (Å²) >= 11 is 0. The molecule has 2 aromatic rings. The van der Waals surface area contributed by atoms with E-state index < -0.39 is 11.6 Å². The van der Waals surface area contributed by atoms with Gasteiger partial charge < -0.3 is 5.32 Å². The molecule has 0 saturated carbocycles. The highest BCUT2D eigenvalue weighted by Gasteiger charge is 2.09. The second-order valence-electron chi connectivity index (χ2n) is 4.58. The molecule has 0 radical (unpaired) electrons. The van der Waals surface area contributed by atoms with E-state index in [9.17, 15) is 8.78 Å². The highest BCUT2D eigenvalue weighted by molar-refractivity contribution is 5.23. The van der Waals surface area contributed by atoms with Crippen molar-refractivity contribution in [3.63, 3.8) is 0 Å². The standard InChI is InChI=1S/C15H16F2N2/c1-10-8-18-6-5-13(10)9-19-11(2)12-3-4-14(16)15(17)7-12/h3-8,11,19H,9H2,1-2H3. The SMILES string of the molecule is Cc1cnccc1CNC(C)c1ccc(F)c(F)c1. The molecule has 2 rings (SSSR count). The predicted octanol–water partition coefficient (Wildman–Crippen LogP) is 3.52. The van der Waals surface area contributed by atoms with E-state index in [-0.39, 0.29) is 6.04 Å². The minimum Gasteiger partial charge on any atom is -0.306 e. The molecular weight excluding hydrogens is 246 g/mol. The van der Waals surface area contributed by atoms with Crippen LogP contribution in [0.3, 0.4) is 0 Å². The first-order valence-corrected chi connectivity index (χ1v) is 6.15. The Labute approximate surface area is 111 Å². The van der Waals surface area contributed by atoms with Gasteiger partial charge in [0, 0.05) is 25.0 Å². The van der Waals surface area contributed by atoms with Gasteiger partial charge in [0.05, 0.1) is 0 Å². The molecule has 0 amide bonds. The second kappa shape index (κ2) is 5.89. The van der Waals surface area contributed by atoms with E-state index in [0.717, 1.165) is 22.8 Å². The monoisotopic (exact) mass is 262 g/mol. The van der Waals surface area contributed by atoms with Crippen LogP contribution in [0.5, 0.6) is 0 Å². The lowest BCUT2D eigenvalue weighted by molar-refractivity contribution is 0.500. The quantitative estimate of drug-likeness (QED) is 0.912. The van der Waals surface area contributed by atoms with Crippen molar-refractivity contribution in [2.75, 3.05) is 0 Å². The minimum atomic E-state index is -0.819. The summed E-state index contributed by atoms with van der Waals surface area (Å²) in [6.45, 7) is 4.57. The van der Waals surface area contributed by atoms with E-state index in [4.69, 9.17) is 0 Å².